The summed E-state index contributed by atoms with van der Waals surface area (Å²) in [6, 6.07) is 0. The molecule has 0 amide bonds. The van der Waals surface area contributed by atoms with Crippen molar-refractivity contribution in [3.63, 3.8) is 0 Å². The van der Waals surface area contributed by atoms with Gasteiger partial charge in [-0.3, -0.25) is 14.6 Å². The van der Waals surface area contributed by atoms with Crippen LogP contribution in [0.3, 0.4) is 0 Å². The minimum absolute atomic E-state index is 0.0891. The summed E-state index contributed by atoms with van der Waals surface area (Å²) >= 11 is 5.93. The van der Waals surface area contributed by atoms with E-state index < -0.39 is 0 Å². The number of hydrogen-bond acceptors (Lipinski definition) is 1. The van der Waals surface area contributed by atoms with Gasteiger partial charge in [-0.05, 0) is 19.3 Å². The molecule has 1 aromatic heterocycles. The molecule has 1 N–H and O–H groups in total. The Kier molecular flexibility index (Phi) is 3.20. The molecular weight excluding hydrogens is 188 g/mol. The maximum atomic E-state index is 11.1. The van der Waals surface area contributed by atoms with Crippen molar-refractivity contribution in [2.75, 3.05) is 0 Å². The summed E-state index contributed by atoms with van der Waals surface area (Å²) in [5.41, 5.74) is 0.513. The lowest BCUT2D eigenvalue weighted by atomic mass is 10.1. The minimum Gasteiger partial charge on any atom is -0.274 e. The monoisotopic (exact) mass is 202 g/mol. The predicted octanol–water partition coefficient (Wildman–Crippen LogP) is 2.18. The number of aryl methyl sites for hydroxylation is 1. The lowest BCUT2D eigenvalue weighted by Gasteiger charge is -2.06. The summed E-state index contributed by atoms with van der Waals surface area (Å²) in [6.45, 7) is 6.79. The maximum absolute atomic E-state index is 11.1. The molecule has 4 heteroatoms. The fourth-order valence-corrected chi connectivity index (χ4v) is 1.31. The Balaban J connectivity index is 2.78. The number of hydrogen-bond donors (Lipinski definition) is 1. The highest BCUT2D eigenvalue weighted by molar-refractivity contribution is 6.30. The van der Waals surface area contributed by atoms with Crippen molar-refractivity contribution in [1.29, 1.82) is 0 Å². The van der Waals surface area contributed by atoms with Crippen LogP contribution in [0.25, 0.3) is 0 Å². The van der Waals surface area contributed by atoms with Crippen LogP contribution in [-0.2, 0) is 6.54 Å². The van der Waals surface area contributed by atoms with Gasteiger partial charge in [0.2, 0.25) is 0 Å². The summed E-state index contributed by atoms with van der Waals surface area (Å²) < 4.78 is 1.71. The van der Waals surface area contributed by atoms with E-state index in [1.165, 1.54) is 0 Å². The second-order valence-corrected chi connectivity index (χ2v) is 4.05. The standard InChI is InChI=1S/C9H15ClN2O/c1-6(2)4-5-12-8(10)7(3)9(13)11-12/h6H,4-5H2,1-3H3,(H,11,13). The Labute approximate surface area is 82.7 Å². The van der Waals surface area contributed by atoms with Crippen molar-refractivity contribution in [3.8, 4) is 0 Å². The first kappa shape index (κ1) is 10.4. The SMILES string of the molecule is Cc1c(Cl)n(CCC(C)C)[nH]c1=O. The number of nitrogens with zero attached hydrogens (tertiary/aromatic N) is 1. The van der Waals surface area contributed by atoms with E-state index in [0.29, 0.717) is 16.6 Å². The van der Waals surface area contributed by atoms with E-state index in [0.717, 1.165) is 13.0 Å². The third-order valence-electron chi connectivity index (χ3n) is 2.05. The quantitative estimate of drug-likeness (QED) is 0.802. The molecule has 0 fully saturated rings. The molecular formula is C9H15ClN2O. The van der Waals surface area contributed by atoms with Crippen molar-refractivity contribution in [3.05, 3.63) is 21.1 Å². The summed E-state index contributed by atoms with van der Waals surface area (Å²) in [5, 5.41) is 3.23. The molecule has 0 aromatic carbocycles. The zero-order chi connectivity index (χ0) is 10.0. The van der Waals surface area contributed by atoms with Gasteiger partial charge in [-0.2, -0.15) is 0 Å². The number of rotatable bonds is 3. The molecule has 0 bridgehead atoms. The molecule has 0 aliphatic carbocycles. The van der Waals surface area contributed by atoms with Crippen LogP contribution < -0.4 is 5.56 Å². The first-order valence-electron chi connectivity index (χ1n) is 4.47. The lowest BCUT2D eigenvalue weighted by molar-refractivity contribution is 0.485. The molecule has 3 nitrogen and oxygen atoms in total. The Hall–Kier alpha value is -0.700. The average Bonchev–Trinajstić information content (AvgIpc) is 2.29. The van der Waals surface area contributed by atoms with Gasteiger partial charge in [0.15, 0.2) is 0 Å². The number of nitrogens with one attached hydrogen (secondary N) is 1. The van der Waals surface area contributed by atoms with Gasteiger partial charge < -0.3 is 0 Å². The summed E-state index contributed by atoms with van der Waals surface area (Å²) in [5.74, 6) is 0.613. The molecule has 1 aromatic rings. The Morgan fingerprint density at radius 2 is 2.15 bits per heavy atom. The topological polar surface area (TPSA) is 37.8 Å². The number of halogens is 1. The highest BCUT2D eigenvalue weighted by Gasteiger charge is 2.07. The Morgan fingerprint density at radius 1 is 1.54 bits per heavy atom. The van der Waals surface area contributed by atoms with E-state index >= 15 is 0 Å². The van der Waals surface area contributed by atoms with Crippen molar-refractivity contribution in [2.45, 2.75) is 33.7 Å². The Bertz CT molecular complexity index is 338. The van der Waals surface area contributed by atoms with Crippen LogP contribution in [0.4, 0.5) is 0 Å². The number of aromatic nitrogens is 2. The minimum atomic E-state index is -0.0891. The van der Waals surface area contributed by atoms with Crippen molar-refractivity contribution < 1.29 is 0 Å². The van der Waals surface area contributed by atoms with Gasteiger partial charge in [-0.15, -0.1) is 0 Å². The van der Waals surface area contributed by atoms with E-state index in [4.69, 9.17) is 11.6 Å². The van der Waals surface area contributed by atoms with E-state index in [-0.39, 0.29) is 5.56 Å². The normalized spacial score (nSPS) is 11.2. The van der Waals surface area contributed by atoms with Crippen molar-refractivity contribution in [1.82, 2.24) is 9.78 Å². The summed E-state index contributed by atoms with van der Waals surface area (Å²) in [6.07, 6.45) is 1.02. The molecule has 0 aliphatic rings. The fraction of sp³-hybridized carbons (Fsp3) is 0.667. The molecule has 0 spiro atoms. The Morgan fingerprint density at radius 3 is 2.54 bits per heavy atom. The van der Waals surface area contributed by atoms with Gasteiger partial charge in [-0.1, -0.05) is 25.4 Å². The third kappa shape index (κ3) is 2.37. The number of aromatic amines is 1. The molecule has 0 unspecified atom stereocenters. The van der Waals surface area contributed by atoms with Crippen LogP contribution in [0.5, 0.6) is 0 Å². The maximum Gasteiger partial charge on any atom is 0.268 e. The van der Waals surface area contributed by atoms with Crippen LogP contribution in [0, 0.1) is 12.8 Å². The molecule has 1 rings (SSSR count). The summed E-state index contributed by atoms with van der Waals surface area (Å²) in [7, 11) is 0. The molecule has 0 atom stereocenters. The second kappa shape index (κ2) is 4.01. The largest absolute Gasteiger partial charge is 0.274 e. The molecule has 1 heterocycles. The van der Waals surface area contributed by atoms with Crippen LogP contribution >= 0.6 is 11.6 Å². The zero-order valence-electron chi connectivity index (χ0n) is 8.22. The predicted molar refractivity (Wildman–Crippen MR) is 54.3 cm³/mol. The zero-order valence-corrected chi connectivity index (χ0v) is 8.98. The van der Waals surface area contributed by atoms with E-state index in [9.17, 15) is 4.79 Å². The fourth-order valence-electron chi connectivity index (χ4n) is 1.09. The van der Waals surface area contributed by atoms with E-state index in [2.05, 4.69) is 18.9 Å². The molecule has 0 radical (unpaired) electrons. The highest BCUT2D eigenvalue weighted by Crippen LogP contribution is 2.12. The van der Waals surface area contributed by atoms with Crippen LogP contribution in [0.2, 0.25) is 5.15 Å². The van der Waals surface area contributed by atoms with Crippen LogP contribution in [0.1, 0.15) is 25.8 Å². The van der Waals surface area contributed by atoms with E-state index in [1.54, 1.807) is 11.6 Å². The molecule has 0 saturated heterocycles. The van der Waals surface area contributed by atoms with Gasteiger partial charge in [0.1, 0.15) is 5.15 Å². The third-order valence-corrected chi connectivity index (χ3v) is 2.54. The molecule has 74 valence electrons. The van der Waals surface area contributed by atoms with Crippen molar-refractivity contribution in [2.24, 2.45) is 5.92 Å². The summed E-state index contributed by atoms with van der Waals surface area (Å²) in [4.78, 5) is 11.1. The van der Waals surface area contributed by atoms with Gasteiger partial charge in [0.25, 0.3) is 5.56 Å². The van der Waals surface area contributed by atoms with Gasteiger partial charge in [0, 0.05) is 6.54 Å². The number of H-pyrrole nitrogens is 1. The van der Waals surface area contributed by atoms with Crippen molar-refractivity contribution >= 4 is 11.6 Å². The van der Waals surface area contributed by atoms with E-state index in [1.807, 2.05) is 0 Å². The highest BCUT2D eigenvalue weighted by atomic mass is 35.5. The first-order valence-corrected chi connectivity index (χ1v) is 4.85. The first-order chi connectivity index (χ1) is 6.02. The molecule has 0 saturated carbocycles. The van der Waals surface area contributed by atoms with Crippen LogP contribution in [0.15, 0.2) is 4.79 Å². The van der Waals surface area contributed by atoms with Gasteiger partial charge in [0.05, 0.1) is 5.56 Å². The lowest BCUT2D eigenvalue weighted by Crippen LogP contribution is -2.08. The van der Waals surface area contributed by atoms with Gasteiger partial charge >= 0.3 is 0 Å². The molecule has 13 heavy (non-hydrogen) atoms. The smallest absolute Gasteiger partial charge is 0.268 e. The molecule has 0 aliphatic heterocycles. The van der Waals surface area contributed by atoms with Gasteiger partial charge in [-0.25, -0.2) is 0 Å². The van der Waals surface area contributed by atoms with Crippen LogP contribution in [-0.4, -0.2) is 9.78 Å². The second-order valence-electron chi connectivity index (χ2n) is 3.69. The average molecular weight is 203 g/mol.